The van der Waals surface area contributed by atoms with Crippen LogP contribution in [0.5, 0.6) is 0 Å². The fraction of sp³-hybridized carbons (Fsp3) is 0.409. The molecule has 0 aliphatic carbocycles. The van der Waals surface area contributed by atoms with E-state index >= 15 is 0 Å². The predicted octanol–water partition coefficient (Wildman–Crippen LogP) is 2.02. The first kappa shape index (κ1) is 23.2. The Hall–Kier alpha value is -2.49. The van der Waals surface area contributed by atoms with Gasteiger partial charge < -0.3 is 15.1 Å². The maximum absolute atomic E-state index is 13.1. The van der Waals surface area contributed by atoms with Crippen LogP contribution in [0.1, 0.15) is 16.8 Å². The Labute approximate surface area is 183 Å². The summed E-state index contributed by atoms with van der Waals surface area (Å²) in [5.74, 6) is -0.580. The van der Waals surface area contributed by atoms with E-state index in [9.17, 15) is 17.6 Å². The molecule has 9 heteroatoms. The highest BCUT2D eigenvalue weighted by atomic mass is 32.2. The van der Waals surface area contributed by atoms with Gasteiger partial charge in [0.15, 0.2) is 0 Å². The summed E-state index contributed by atoms with van der Waals surface area (Å²) in [5.41, 5.74) is 1.20. The smallest absolute Gasteiger partial charge is 0.251 e. The molecule has 168 valence electrons. The number of hydrogen-bond acceptors (Lipinski definition) is 5. The molecular weight excluding hydrogens is 419 g/mol. The van der Waals surface area contributed by atoms with Gasteiger partial charge in [-0.05, 0) is 69.5 Å². The zero-order chi connectivity index (χ0) is 22.4. The van der Waals surface area contributed by atoms with Crippen molar-refractivity contribution in [1.29, 1.82) is 0 Å². The van der Waals surface area contributed by atoms with Gasteiger partial charge in [-0.1, -0.05) is 6.07 Å². The van der Waals surface area contributed by atoms with Crippen LogP contribution in [-0.4, -0.2) is 76.9 Å². The van der Waals surface area contributed by atoms with E-state index in [2.05, 4.69) is 5.32 Å². The second kappa shape index (κ2) is 10.2. The second-order valence-electron chi connectivity index (χ2n) is 7.81. The molecule has 0 atom stereocenters. The highest BCUT2D eigenvalue weighted by molar-refractivity contribution is 7.89. The first-order valence-corrected chi connectivity index (χ1v) is 11.7. The highest BCUT2D eigenvalue weighted by Crippen LogP contribution is 2.22. The third-order valence-electron chi connectivity index (χ3n) is 5.23. The monoisotopic (exact) mass is 448 g/mol. The van der Waals surface area contributed by atoms with Crippen LogP contribution in [0.15, 0.2) is 53.4 Å². The summed E-state index contributed by atoms with van der Waals surface area (Å²) in [5, 5.41) is 2.83. The van der Waals surface area contributed by atoms with Crippen molar-refractivity contribution in [2.24, 2.45) is 0 Å². The Balaban J connectivity index is 1.62. The van der Waals surface area contributed by atoms with E-state index < -0.39 is 10.0 Å². The van der Waals surface area contributed by atoms with E-state index in [4.69, 9.17) is 0 Å². The molecule has 31 heavy (non-hydrogen) atoms. The molecule has 1 saturated heterocycles. The summed E-state index contributed by atoms with van der Waals surface area (Å²) >= 11 is 0. The molecule has 0 radical (unpaired) electrons. The lowest BCUT2D eigenvalue weighted by Gasteiger charge is -2.35. The fourth-order valence-corrected chi connectivity index (χ4v) is 4.95. The van der Waals surface area contributed by atoms with Gasteiger partial charge in [-0.25, -0.2) is 12.8 Å². The maximum atomic E-state index is 13.1. The molecule has 7 nitrogen and oxygen atoms in total. The fourth-order valence-electron chi connectivity index (χ4n) is 3.48. The molecule has 0 saturated carbocycles. The lowest BCUT2D eigenvalue weighted by molar-refractivity contribution is 0.0952. The normalized spacial score (nSPS) is 15.3. The quantitative estimate of drug-likeness (QED) is 0.626. The largest absolute Gasteiger partial charge is 0.369 e. The summed E-state index contributed by atoms with van der Waals surface area (Å²) in [4.78, 5) is 16.6. The highest BCUT2D eigenvalue weighted by Gasteiger charge is 2.29. The van der Waals surface area contributed by atoms with Crippen molar-refractivity contribution in [3.8, 4) is 0 Å². The van der Waals surface area contributed by atoms with Gasteiger partial charge in [0.2, 0.25) is 10.0 Å². The van der Waals surface area contributed by atoms with Crippen molar-refractivity contribution < 1.29 is 17.6 Å². The summed E-state index contributed by atoms with van der Waals surface area (Å²) in [7, 11) is 0.229. The van der Waals surface area contributed by atoms with Crippen LogP contribution < -0.4 is 10.2 Å². The van der Waals surface area contributed by atoms with E-state index in [1.807, 2.05) is 23.9 Å². The zero-order valence-electron chi connectivity index (χ0n) is 17.9. The molecule has 3 rings (SSSR count). The van der Waals surface area contributed by atoms with Gasteiger partial charge in [0.25, 0.3) is 5.91 Å². The Morgan fingerprint density at radius 2 is 1.74 bits per heavy atom. The summed E-state index contributed by atoms with van der Waals surface area (Å²) < 4.78 is 40.8. The number of piperazine rings is 1. The molecule has 0 spiro atoms. The Morgan fingerprint density at radius 1 is 1.06 bits per heavy atom. The van der Waals surface area contributed by atoms with Gasteiger partial charge in [-0.2, -0.15) is 4.31 Å². The molecule has 1 aliphatic heterocycles. The molecule has 0 bridgehead atoms. The van der Waals surface area contributed by atoms with Crippen molar-refractivity contribution >= 4 is 21.6 Å². The number of benzene rings is 2. The number of nitrogens with zero attached hydrogens (tertiary/aromatic N) is 3. The Kier molecular flexibility index (Phi) is 7.64. The van der Waals surface area contributed by atoms with Gasteiger partial charge >= 0.3 is 0 Å². The number of halogens is 1. The van der Waals surface area contributed by atoms with Crippen molar-refractivity contribution in [3.63, 3.8) is 0 Å². The van der Waals surface area contributed by atoms with Crippen LogP contribution in [0.3, 0.4) is 0 Å². The first-order valence-electron chi connectivity index (χ1n) is 10.3. The van der Waals surface area contributed by atoms with Gasteiger partial charge in [0.05, 0.1) is 4.90 Å². The van der Waals surface area contributed by atoms with Crippen LogP contribution >= 0.6 is 0 Å². The minimum absolute atomic E-state index is 0.115. The topological polar surface area (TPSA) is 73.0 Å². The zero-order valence-corrected chi connectivity index (χ0v) is 18.7. The number of carbonyl (C=O) groups is 1. The van der Waals surface area contributed by atoms with Gasteiger partial charge in [-0.3, -0.25) is 4.79 Å². The minimum Gasteiger partial charge on any atom is -0.369 e. The number of nitrogens with one attached hydrogen (secondary N) is 1. The molecule has 2 aromatic carbocycles. The number of anilines is 1. The van der Waals surface area contributed by atoms with Crippen molar-refractivity contribution in [1.82, 2.24) is 14.5 Å². The number of sulfonamides is 1. The van der Waals surface area contributed by atoms with Crippen molar-refractivity contribution in [3.05, 3.63) is 59.9 Å². The SMILES string of the molecule is CN(C)CCCNC(=O)c1cccc(S(=O)(=O)N2CCN(c3ccc(F)cc3)CC2)c1. The Morgan fingerprint density at radius 3 is 2.39 bits per heavy atom. The van der Waals surface area contributed by atoms with Crippen LogP contribution in [0, 0.1) is 5.82 Å². The lowest BCUT2D eigenvalue weighted by atomic mass is 10.2. The van der Waals surface area contributed by atoms with Crippen LogP contribution in [0.2, 0.25) is 0 Å². The van der Waals surface area contributed by atoms with E-state index in [0.29, 0.717) is 38.3 Å². The number of rotatable bonds is 8. The number of hydrogen-bond donors (Lipinski definition) is 1. The maximum Gasteiger partial charge on any atom is 0.251 e. The molecule has 1 N–H and O–H groups in total. The standard InChI is InChI=1S/C22H29FN4O3S/c1-25(2)12-4-11-24-22(28)18-5-3-6-21(17-18)31(29,30)27-15-13-26(14-16-27)20-9-7-19(23)8-10-20/h3,5-10,17H,4,11-16H2,1-2H3,(H,24,28). The predicted molar refractivity (Wildman–Crippen MR) is 119 cm³/mol. The molecule has 1 fully saturated rings. The van der Waals surface area contributed by atoms with Crippen LogP contribution in [0.25, 0.3) is 0 Å². The van der Waals surface area contributed by atoms with Gasteiger partial charge in [0.1, 0.15) is 5.82 Å². The average Bonchev–Trinajstić information content (AvgIpc) is 2.77. The molecular formula is C22H29FN4O3S. The van der Waals surface area contributed by atoms with E-state index in [1.54, 1.807) is 24.3 Å². The molecule has 0 aromatic heterocycles. The van der Waals surface area contributed by atoms with Crippen molar-refractivity contribution in [2.75, 3.05) is 58.3 Å². The van der Waals surface area contributed by atoms with E-state index in [0.717, 1.165) is 18.7 Å². The summed E-state index contributed by atoms with van der Waals surface area (Å²) in [6, 6.07) is 12.3. The van der Waals surface area contributed by atoms with E-state index in [1.165, 1.54) is 28.6 Å². The number of amides is 1. The van der Waals surface area contributed by atoms with Gasteiger partial charge in [-0.15, -0.1) is 0 Å². The molecule has 1 amide bonds. The third-order valence-corrected chi connectivity index (χ3v) is 7.13. The van der Waals surface area contributed by atoms with Crippen LogP contribution in [-0.2, 0) is 10.0 Å². The molecule has 2 aromatic rings. The van der Waals surface area contributed by atoms with Gasteiger partial charge in [0, 0.05) is 44.0 Å². The molecule has 1 aliphatic rings. The van der Waals surface area contributed by atoms with E-state index in [-0.39, 0.29) is 16.6 Å². The number of carbonyl (C=O) groups excluding carboxylic acids is 1. The van der Waals surface area contributed by atoms with Crippen molar-refractivity contribution in [2.45, 2.75) is 11.3 Å². The lowest BCUT2D eigenvalue weighted by Crippen LogP contribution is -2.48. The molecule has 1 heterocycles. The first-order chi connectivity index (χ1) is 14.8. The molecule has 0 unspecified atom stereocenters. The van der Waals surface area contributed by atoms with Crippen LogP contribution in [0.4, 0.5) is 10.1 Å². The summed E-state index contributed by atoms with van der Waals surface area (Å²) in [6.07, 6.45) is 0.815. The third kappa shape index (κ3) is 6.03. The second-order valence-corrected chi connectivity index (χ2v) is 9.75. The average molecular weight is 449 g/mol. The Bertz CT molecular complexity index is 988. The summed E-state index contributed by atoms with van der Waals surface area (Å²) in [6.45, 7) is 3.05. The minimum atomic E-state index is -3.71.